The van der Waals surface area contributed by atoms with Gasteiger partial charge < -0.3 is 14.8 Å². The van der Waals surface area contributed by atoms with Crippen LogP contribution in [0.1, 0.15) is 19.4 Å². The monoisotopic (exact) mass is 246 g/mol. The predicted octanol–water partition coefficient (Wildman–Crippen LogP) is 1.89. The Morgan fingerprint density at radius 2 is 2.33 bits per heavy atom. The number of ether oxygens (including phenoxy) is 2. The third-order valence-electron chi connectivity index (χ3n) is 2.96. The van der Waals surface area contributed by atoms with Crippen molar-refractivity contribution in [3.05, 3.63) is 23.8 Å². The first-order valence-electron chi connectivity index (χ1n) is 6.06. The minimum absolute atomic E-state index is 0.181. The van der Waals surface area contributed by atoms with Crippen LogP contribution >= 0.6 is 0 Å². The highest BCUT2D eigenvalue weighted by atomic mass is 16.5. The molecule has 0 saturated heterocycles. The van der Waals surface area contributed by atoms with Crippen molar-refractivity contribution < 1.29 is 9.47 Å². The molecule has 1 atom stereocenters. The summed E-state index contributed by atoms with van der Waals surface area (Å²) in [5, 5.41) is 11.7. The Kier molecular flexibility index (Phi) is 3.44. The summed E-state index contributed by atoms with van der Waals surface area (Å²) in [6.45, 7) is 4.43. The standard InChI is InChI=1S/C14H18N2O2/c1-14(2)7-10-5-4-6-12(13(10)18-14)17-9-11(8-15)16-3/h4-6,11,16H,7,9H2,1-3H3. The molecule has 0 radical (unpaired) electrons. The van der Waals surface area contributed by atoms with Crippen LogP contribution in [-0.2, 0) is 6.42 Å². The van der Waals surface area contributed by atoms with Gasteiger partial charge in [-0.05, 0) is 27.0 Å². The van der Waals surface area contributed by atoms with E-state index in [2.05, 4.69) is 31.3 Å². The van der Waals surface area contributed by atoms with Gasteiger partial charge in [0.2, 0.25) is 0 Å². The van der Waals surface area contributed by atoms with Crippen LogP contribution in [-0.4, -0.2) is 25.3 Å². The first kappa shape index (κ1) is 12.7. The molecule has 0 amide bonds. The number of likely N-dealkylation sites (N-methyl/N-ethyl adjacent to an activating group) is 1. The van der Waals surface area contributed by atoms with Crippen molar-refractivity contribution in [2.45, 2.75) is 31.9 Å². The molecule has 1 unspecified atom stereocenters. The third kappa shape index (κ3) is 2.57. The normalized spacial score (nSPS) is 17.4. The van der Waals surface area contributed by atoms with Crippen molar-refractivity contribution in [2.24, 2.45) is 0 Å². The minimum Gasteiger partial charge on any atom is -0.487 e. The Morgan fingerprint density at radius 1 is 1.56 bits per heavy atom. The number of nitriles is 1. The quantitative estimate of drug-likeness (QED) is 0.881. The van der Waals surface area contributed by atoms with Crippen molar-refractivity contribution >= 4 is 0 Å². The zero-order chi connectivity index (χ0) is 13.2. The van der Waals surface area contributed by atoms with Gasteiger partial charge in [0.05, 0.1) is 6.07 Å². The van der Waals surface area contributed by atoms with Gasteiger partial charge in [0.1, 0.15) is 18.2 Å². The predicted molar refractivity (Wildman–Crippen MR) is 68.8 cm³/mol. The number of rotatable bonds is 4. The van der Waals surface area contributed by atoms with Crippen LogP contribution in [0, 0.1) is 11.3 Å². The average molecular weight is 246 g/mol. The SMILES string of the molecule is CNC(C#N)COc1cccc2c1OC(C)(C)C2. The lowest BCUT2D eigenvalue weighted by Crippen LogP contribution is -2.30. The highest BCUT2D eigenvalue weighted by Gasteiger charge is 2.32. The van der Waals surface area contributed by atoms with Gasteiger partial charge in [-0.15, -0.1) is 0 Å². The van der Waals surface area contributed by atoms with Crippen LogP contribution in [0.3, 0.4) is 0 Å². The van der Waals surface area contributed by atoms with Crippen molar-refractivity contribution in [3.8, 4) is 17.6 Å². The summed E-state index contributed by atoms with van der Waals surface area (Å²) in [6.07, 6.45) is 0.882. The van der Waals surface area contributed by atoms with Gasteiger partial charge >= 0.3 is 0 Å². The van der Waals surface area contributed by atoms with E-state index in [1.807, 2.05) is 12.1 Å². The maximum atomic E-state index is 8.86. The maximum absolute atomic E-state index is 8.86. The van der Waals surface area contributed by atoms with E-state index in [0.717, 1.165) is 17.7 Å². The largest absolute Gasteiger partial charge is 0.487 e. The molecule has 1 aromatic rings. The fourth-order valence-electron chi connectivity index (χ4n) is 2.06. The fraction of sp³-hybridized carbons (Fsp3) is 0.500. The number of para-hydroxylation sites is 1. The molecule has 1 aliphatic heterocycles. The Bertz CT molecular complexity index is 477. The molecular weight excluding hydrogens is 228 g/mol. The van der Waals surface area contributed by atoms with E-state index in [1.165, 1.54) is 0 Å². The van der Waals surface area contributed by atoms with Gasteiger partial charge in [0, 0.05) is 12.0 Å². The Balaban J connectivity index is 2.13. The zero-order valence-electron chi connectivity index (χ0n) is 11.0. The lowest BCUT2D eigenvalue weighted by molar-refractivity contribution is 0.131. The number of nitrogens with zero attached hydrogens (tertiary/aromatic N) is 1. The Morgan fingerprint density at radius 3 is 3.00 bits per heavy atom. The molecule has 96 valence electrons. The van der Waals surface area contributed by atoms with Crippen LogP contribution in [0.15, 0.2) is 18.2 Å². The third-order valence-corrected chi connectivity index (χ3v) is 2.96. The molecule has 1 N–H and O–H groups in total. The van der Waals surface area contributed by atoms with Gasteiger partial charge in [0.15, 0.2) is 11.5 Å². The molecule has 0 saturated carbocycles. The van der Waals surface area contributed by atoms with E-state index in [0.29, 0.717) is 12.4 Å². The van der Waals surface area contributed by atoms with Gasteiger partial charge in [-0.3, -0.25) is 0 Å². The van der Waals surface area contributed by atoms with E-state index >= 15 is 0 Å². The number of benzene rings is 1. The van der Waals surface area contributed by atoms with Gasteiger partial charge in [0.25, 0.3) is 0 Å². The van der Waals surface area contributed by atoms with E-state index in [9.17, 15) is 0 Å². The summed E-state index contributed by atoms with van der Waals surface area (Å²) in [7, 11) is 1.74. The fourth-order valence-corrected chi connectivity index (χ4v) is 2.06. The van der Waals surface area contributed by atoms with Crippen LogP contribution in [0.25, 0.3) is 0 Å². The molecule has 0 fully saturated rings. The number of fused-ring (bicyclic) bond motifs is 1. The topological polar surface area (TPSA) is 54.3 Å². The summed E-state index contributed by atoms with van der Waals surface area (Å²) in [5.41, 5.74) is 0.981. The molecule has 1 aromatic carbocycles. The Hall–Kier alpha value is -1.73. The molecule has 1 heterocycles. The van der Waals surface area contributed by atoms with E-state index in [-0.39, 0.29) is 11.6 Å². The number of nitrogens with one attached hydrogen (secondary N) is 1. The molecule has 0 aliphatic carbocycles. The van der Waals surface area contributed by atoms with Gasteiger partial charge in [-0.1, -0.05) is 12.1 Å². The molecule has 4 nitrogen and oxygen atoms in total. The molecule has 4 heteroatoms. The molecule has 2 rings (SSSR count). The van der Waals surface area contributed by atoms with E-state index < -0.39 is 0 Å². The maximum Gasteiger partial charge on any atom is 0.165 e. The molecule has 1 aliphatic rings. The van der Waals surface area contributed by atoms with Crippen LogP contribution in [0.2, 0.25) is 0 Å². The number of hydrogen-bond acceptors (Lipinski definition) is 4. The molecule has 0 bridgehead atoms. The van der Waals surface area contributed by atoms with Gasteiger partial charge in [-0.2, -0.15) is 5.26 Å². The molecule has 0 aromatic heterocycles. The summed E-state index contributed by atoms with van der Waals surface area (Å²) in [4.78, 5) is 0. The van der Waals surface area contributed by atoms with Gasteiger partial charge in [-0.25, -0.2) is 0 Å². The lowest BCUT2D eigenvalue weighted by atomic mass is 10.0. The summed E-state index contributed by atoms with van der Waals surface area (Å²) in [5.74, 6) is 1.53. The first-order chi connectivity index (χ1) is 8.55. The summed E-state index contributed by atoms with van der Waals surface area (Å²) < 4.78 is 11.6. The van der Waals surface area contributed by atoms with Crippen LogP contribution in [0.4, 0.5) is 0 Å². The summed E-state index contributed by atoms with van der Waals surface area (Å²) >= 11 is 0. The first-order valence-corrected chi connectivity index (χ1v) is 6.06. The second-order valence-corrected chi connectivity index (χ2v) is 5.06. The average Bonchev–Trinajstić information content (AvgIpc) is 2.65. The highest BCUT2D eigenvalue weighted by molar-refractivity contribution is 5.50. The molecular formula is C14H18N2O2. The van der Waals surface area contributed by atoms with Crippen LogP contribution < -0.4 is 14.8 Å². The molecule has 0 spiro atoms. The smallest absolute Gasteiger partial charge is 0.165 e. The van der Waals surface area contributed by atoms with Crippen molar-refractivity contribution in [2.75, 3.05) is 13.7 Å². The summed E-state index contributed by atoms with van der Waals surface area (Å²) in [6, 6.07) is 7.71. The van der Waals surface area contributed by atoms with Crippen molar-refractivity contribution in [3.63, 3.8) is 0 Å². The lowest BCUT2D eigenvalue weighted by Gasteiger charge is -2.18. The van der Waals surface area contributed by atoms with Crippen LogP contribution in [0.5, 0.6) is 11.5 Å². The second kappa shape index (κ2) is 4.87. The minimum atomic E-state index is -0.310. The number of hydrogen-bond donors (Lipinski definition) is 1. The Labute approximate surface area is 108 Å². The van der Waals surface area contributed by atoms with E-state index in [4.69, 9.17) is 14.7 Å². The van der Waals surface area contributed by atoms with E-state index in [1.54, 1.807) is 7.05 Å². The zero-order valence-corrected chi connectivity index (χ0v) is 11.0. The second-order valence-electron chi connectivity index (χ2n) is 5.06. The highest BCUT2D eigenvalue weighted by Crippen LogP contribution is 2.41. The van der Waals surface area contributed by atoms with Crippen molar-refractivity contribution in [1.82, 2.24) is 5.32 Å². The van der Waals surface area contributed by atoms with Crippen molar-refractivity contribution in [1.29, 1.82) is 5.26 Å². The molecule has 18 heavy (non-hydrogen) atoms.